The summed E-state index contributed by atoms with van der Waals surface area (Å²) in [7, 11) is 0. The Morgan fingerprint density at radius 1 is 1.15 bits per heavy atom. The van der Waals surface area contributed by atoms with E-state index in [9.17, 15) is 4.79 Å². The SMILES string of the molecule is CCCCCCC(C=O)=C(C)CC. The van der Waals surface area contributed by atoms with Gasteiger partial charge in [-0.15, -0.1) is 0 Å². The maximum Gasteiger partial charge on any atom is 0.145 e. The van der Waals surface area contributed by atoms with Crippen LogP contribution in [0.25, 0.3) is 0 Å². The fraction of sp³-hybridized carbons (Fsp3) is 0.750. The second-order valence-electron chi connectivity index (χ2n) is 3.59. The lowest BCUT2D eigenvalue weighted by atomic mass is 10.0. The smallest absolute Gasteiger partial charge is 0.145 e. The van der Waals surface area contributed by atoms with Crippen molar-refractivity contribution in [3.63, 3.8) is 0 Å². The van der Waals surface area contributed by atoms with Crippen LogP contribution in [0.3, 0.4) is 0 Å². The van der Waals surface area contributed by atoms with Gasteiger partial charge in [0.2, 0.25) is 0 Å². The van der Waals surface area contributed by atoms with Gasteiger partial charge in [-0.2, -0.15) is 0 Å². The van der Waals surface area contributed by atoms with Gasteiger partial charge in [-0.1, -0.05) is 38.7 Å². The molecule has 76 valence electrons. The van der Waals surface area contributed by atoms with E-state index in [1.807, 2.05) is 0 Å². The van der Waals surface area contributed by atoms with Gasteiger partial charge in [0, 0.05) is 0 Å². The molecule has 0 atom stereocenters. The molecule has 0 heterocycles. The molecule has 0 spiro atoms. The standard InChI is InChI=1S/C12H22O/c1-4-6-7-8-9-12(10-13)11(3)5-2/h10H,4-9H2,1-3H3. The van der Waals surface area contributed by atoms with E-state index in [0.717, 1.165) is 24.7 Å². The zero-order valence-electron chi connectivity index (χ0n) is 9.23. The molecular formula is C12H22O. The molecule has 0 radical (unpaired) electrons. The van der Waals surface area contributed by atoms with Crippen molar-refractivity contribution in [1.29, 1.82) is 0 Å². The third-order valence-corrected chi connectivity index (χ3v) is 2.52. The van der Waals surface area contributed by atoms with E-state index < -0.39 is 0 Å². The first kappa shape index (κ1) is 12.4. The van der Waals surface area contributed by atoms with Crippen molar-refractivity contribution in [3.05, 3.63) is 11.1 Å². The van der Waals surface area contributed by atoms with Crippen molar-refractivity contribution in [3.8, 4) is 0 Å². The lowest BCUT2D eigenvalue weighted by Crippen LogP contribution is -1.90. The van der Waals surface area contributed by atoms with Crippen molar-refractivity contribution in [2.75, 3.05) is 0 Å². The summed E-state index contributed by atoms with van der Waals surface area (Å²) in [4.78, 5) is 10.7. The average Bonchev–Trinajstić information content (AvgIpc) is 2.17. The number of hydrogen-bond acceptors (Lipinski definition) is 1. The molecule has 0 bridgehead atoms. The number of allylic oxidation sites excluding steroid dienone is 2. The van der Waals surface area contributed by atoms with Crippen LogP contribution in [0.15, 0.2) is 11.1 Å². The van der Waals surface area contributed by atoms with Crippen LogP contribution in [0.2, 0.25) is 0 Å². The summed E-state index contributed by atoms with van der Waals surface area (Å²) in [5, 5.41) is 0. The zero-order valence-corrected chi connectivity index (χ0v) is 9.23. The Hall–Kier alpha value is -0.590. The van der Waals surface area contributed by atoms with Gasteiger partial charge in [0.1, 0.15) is 6.29 Å². The summed E-state index contributed by atoms with van der Waals surface area (Å²) >= 11 is 0. The predicted molar refractivity (Wildman–Crippen MR) is 57.8 cm³/mol. The van der Waals surface area contributed by atoms with E-state index >= 15 is 0 Å². The summed E-state index contributed by atoms with van der Waals surface area (Å²) in [6, 6.07) is 0. The lowest BCUT2D eigenvalue weighted by molar-refractivity contribution is -0.105. The van der Waals surface area contributed by atoms with Crippen LogP contribution in [0.4, 0.5) is 0 Å². The maximum absolute atomic E-state index is 10.7. The molecule has 0 fully saturated rings. The van der Waals surface area contributed by atoms with Crippen LogP contribution in [-0.4, -0.2) is 6.29 Å². The Morgan fingerprint density at radius 2 is 1.85 bits per heavy atom. The van der Waals surface area contributed by atoms with Crippen molar-refractivity contribution in [1.82, 2.24) is 0 Å². The Labute approximate surface area is 82.2 Å². The van der Waals surface area contributed by atoms with Crippen LogP contribution in [0, 0.1) is 0 Å². The van der Waals surface area contributed by atoms with Gasteiger partial charge in [0.05, 0.1) is 0 Å². The van der Waals surface area contributed by atoms with Crippen molar-refractivity contribution in [2.45, 2.75) is 59.3 Å². The van der Waals surface area contributed by atoms with E-state index in [4.69, 9.17) is 0 Å². The third kappa shape index (κ3) is 5.62. The molecule has 1 nitrogen and oxygen atoms in total. The predicted octanol–water partition coefficient (Wildman–Crippen LogP) is 3.88. The van der Waals surface area contributed by atoms with Crippen LogP contribution in [-0.2, 0) is 4.79 Å². The molecule has 1 heteroatoms. The van der Waals surface area contributed by atoms with E-state index in [1.54, 1.807) is 0 Å². The number of rotatable bonds is 7. The summed E-state index contributed by atoms with van der Waals surface area (Å²) in [6.45, 7) is 6.36. The Balaban J connectivity index is 3.79. The van der Waals surface area contributed by atoms with Crippen LogP contribution < -0.4 is 0 Å². The van der Waals surface area contributed by atoms with E-state index in [1.165, 1.54) is 31.3 Å². The van der Waals surface area contributed by atoms with Crippen LogP contribution >= 0.6 is 0 Å². The molecular weight excluding hydrogens is 160 g/mol. The molecule has 0 aromatic carbocycles. The molecule has 13 heavy (non-hydrogen) atoms. The highest BCUT2D eigenvalue weighted by molar-refractivity contribution is 5.74. The average molecular weight is 182 g/mol. The summed E-state index contributed by atoms with van der Waals surface area (Å²) < 4.78 is 0. The largest absolute Gasteiger partial charge is 0.298 e. The highest BCUT2D eigenvalue weighted by atomic mass is 16.1. The molecule has 0 aliphatic rings. The highest BCUT2D eigenvalue weighted by Crippen LogP contribution is 2.14. The van der Waals surface area contributed by atoms with Crippen molar-refractivity contribution < 1.29 is 4.79 Å². The third-order valence-electron chi connectivity index (χ3n) is 2.52. The molecule has 0 unspecified atom stereocenters. The van der Waals surface area contributed by atoms with Gasteiger partial charge < -0.3 is 0 Å². The first-order chi connectivity index (χ1) is 6.26. The fourth-order valence-electron chi connectivity index (χ4n) is 1.34. The summed E-state index contributed by atoms with van der Waals surface area (Å²) in [6.07, 6.45) is 7.98. The first-order valence-corrected chi connectivity index (χ1v) is 5.40. The Bertz CT molecular complexity index is 168. The highest BCUT2D eigenvalue weighted by Gasteiger charge is 1.99. The van der Waals surface area contributed by atoms with Crippen molar-refractivity contribution >= 4 is 6.29 Å². The normalized spacial score (nSPS) is 12.5. The van der Waals surface area contributed by atoms with Crippen molar-refractivity contribution in [2.24, 2.45) is 0 Å². The molecule has 0 aromatic heterocycles. The first-order valence-electron chi connectivity index (χ1n) is 5.40. The molecule has 0 rings (SSSR count). The quantitative estimate of drug-likeness (QED) is 0.332. The molecule has 0 aromatic rings. The molecule has 0 saturated carbocycles. The summed E-state index contributed by atoms with van der Waals surface area (Å²) in [5.41, 5.74) is 2.28. The maximum atomic E-state index is 10.7. The number of aldehydes is 1. The number of unbranched alkanes of at least 4 members (excludes halogenated alkanes) is 3. The topological polar surface area (TPSA) is 17.1 Å². The Kier molecular flexibility index (Phi) is 7.66. The summed E-state index contributed by atoms with van der Waals surface area (Å²) in [5.74, 6) is 0. The minimum atomic E-state index is 0.975. The van der Waals surface area contributed by atoms with Gasteiger partial charge in [0.15, 0.2) is 0 Å². The van der Waals surface area contributed by atoms with Gasteiger partial charge >= 0.3 is 0 Å². The van der Waals surface area contributed by atoms with E-state index in [2.05, 4.69) is 20.8 Å². The van der Waals surface area contributed by atoms with Crippen LogP contribution in [0.1, 0.15) is 59.3 Å². The van der Waals surface area contributed by atoms with Gasteiger partial charge in [-0.05, 0) is 31.8 Å². The van der Waals surface area contributed by atoms with Gasteiger partial charge in [-0.3, -0.25) is 4.79 Å². The van der Waals surface area contributed by atoms with Gasteiger partial charge in [0.25, 0.3) is 0 Å². The minimum absolute atomic E-state index is 0.975. The van der Waals surface area contributed by atoms with Crippen LogP contribution in [0.5, 0.6) is 0 Å². The molecule has 0 amide bonds. The second-order valence-corrected chi connectivity index (χ2v) is 3.59. The minimum Gasteiger partial charge on any atom is -0.298 e. The molecule has 0 N–H and O–H groups in total. The molecule has 0 aliphatic heterocycles. The Morgan fingerprint density at radius 3 is 2.31 bits per heavy atom. The number of carbonyl (C=O) groups is 1. The molecule has 0 saturated heterocycles. The monoisotopic (exact) mass is 182 g/mol. The van der Waals surface area contributed by atoms with Gasteiger partial charge in [-0.25, -0.2) is 0 Å². The number of hydrogen-bond donors (Lipinski definition) is 0. The second kappa shape index (κ2) is 8.03. The molecule has 0 aliphatic carbocycles. The van der Waals surface area contributed by atoms with E-state index in [-0.39, 0.29) is 0 Å². The number of carbonyl (C=O) groups excluding carboxylic acids is 1. The zero-order chi connectivity index (χ0) is 10.1. The lowest BCUT2D eigenvalue weighted by Gasteiger charge is -2.03. The fourth-order valence-corrected chi connectivity index (χ4v) is 1.34. The van der Waals surface area contributed by atoms with E-state index in [0.29, 0.717) is 0 Å².